The van der Waals surface area contributed by atoms with Gasteiger partial charge in [0.05, 0.1) is 10.7 Å². The maximum atomic E-state index is 14.3. The first kappa shape index (κ1) is 17.1. The summed E-state index contributed by atoms with van der Waals surface area (Å²) in [5.41, 5.74) is 11.2. The molecule has 2 aromatic carbocycles. The van der Waals surface area contributed by atoms with Crippen LogP contribution in [0.25, 0.3) is 22.0 Å². The van der Waals surface area contributed by atoms with Gasteiger partial charge < -0.3 is 11.5 Å². The average Bonchev–Trinajstić information content (AvgIpc) is 2.57. The SMILES string of the molecule is NC(N)=NC(=O)c1ccc2c(Cl)cnc(-c3cc(Cl)ccc3F)c2c1. The molecule has 0 saturated heterocycles. The highest BCUT2D eigenvalue weighted by molar-refractivity contribution is 6.36. The Hall–Kier alpha value is -2.70. The molecule has 0 spiro atoms. The molecule has 8 heteroatoms. The Balaban J connectivity index is 2.29. The van der Waals surface area contributed by atoms with Crippen LogP contribution in [0.1, 0.15) is 10.4 Å². The Morgan fingerprint density at radius 2 is 1.84 bits per heavy atom. The molecule has 1 aromatic heterocycles. The van der Waals surface area contributed by atoms with Crippen LogP contribution in [0.2, 0.25) is 10.0 Å². The van der Waals surface area contributed by atoms with E-state index in [0.717, 1.165) is 0 Å². The molecule has 0 aliphatic heterocycles. The van der Waals surface area contributed by atoms with Crippen LogP contribution in [-0.4, -0.2) is 16.9 Å². The summed E-state index contributed by atoms with van der Waals surface area (Å²) in [7, 11) is 0. The summed E-state index contributed by atoms with van der Waals surface area (Å²) in [5, 5.41) is 1.80. The van der Waals surface area contributed by atoms with E-state index in [2.05, 4.69) is 9.98 Å². The van der Waals surface area contributed by atoms with Gasteiger partial charge >= 0.3 is 0 Å². The summed E-state index contributed by atoms with van der Waals surface area (Å²) >= 11 is 12.1. The number of carbonyl (C=O) groups excluding carboxylic acids is 1. The second kappa shape index (κ2) is 6.66. The molecule has 0 atom stereocenters. The topological polar surface area (TPSA) is 94.4 Å². The molecule has 0 unspecified atom stereocenters. The number of carbonyl (C=O) groups is 1. The lowest BCUT2D eigenvalue weighted by atomic mass is 10.0. The molecule has 3 rings (SSSR count). The summed E-state index contributed by atoms with van der Waals surface area (Å²) in [4.78, 5) is 19.8. The summed E-state index contributed by atoms with van der Waals surface area (Å²) in [6, 6.07) is 8.80. The van der Waals surface area contributed by atoms with Gasteiger partial charge in [-0.25, -0.2) is 4.39 Å². The van der Waals surface area contributed by atoms with Gasteiger partial charge in [0.15, 0.2) is 5.96 Å². The normalized spacial score (nSPS) is 10.7. The van der Waals surface area contributed by atoms with Crippen molar-refractivity contribution >= 4 is 45.8 Å². The van der Waals surface area contributed by atoms with Crippen molar-refractivity contribution in [2.75, 3.05) is 0 Å². The zero-order valence-electron chi connectivity index (χ0n) is 12.6. The van der Waals surface area contributed by atoms with Crippen molar-refractivity contribution in [2.24, 2.45) is 16.5 Å². The largest absolute Gasteiger partial charge is 0.370 e. The van der Waals surface area contributed by atoms with Crippen LogP contribution in [0.3, 0.4) is 0 Å². The number of rotatable bonds is 2. The first-order valence-electron chi connectivity index (χ1n) is 7.04. The monoisotopic (exact) mass is 376 g/mol. The molecule has 0 aliphatic carbocycles. The highest BCUT2D eigenvalue weighted by atomic mass is 35.5. The van der Waals surface area contributed by atoms with Crippen LogP contribution < -0.4 is 11.5 Å². The van der Waals surface area contributed by atoms with Crippen LogP contribution in [0.4, 0.5) is 4.39 Å². The van der Waals surface area contributed by atoms with Crippen molar-refractivity contribution in [1.29, 1.82) is 0 Å². The van der Waals surface area contributed by atoms with Gasteiger partial charge in [-0.1, -0.05) is 29.3 Å². The summed E-state index contributed by atoms with van der Waals surface area (Å²) in [6.45, 7) is 0. The number of nitrogens with zero attached hydrogens (tertiary/aromatic N) is 2. The molecular weight excluding hydrogens is 366 g/mol. The van der Waals surface area contributed by atoms with E-state index in [9.17, 15) is 9.18 Å². The number of benzene rings is 2. The lowest BCUT2D eigenvalue weighted by molar-refractivity contribution is 0.100. The molecule has 1 amide bonds. The quantitative estimate of drug-likeness (QED) is 0.525. The van der Waals surface area contributed by atoms with Crippen LogP contribution in [0, 0.1) is 5.82 Å². The van der Waals surface area contributed by atoms with Crippen LogP contribution >= 0.6 is 23.2 Å². The molecule has 5 nitrogen and oxygen atoms in total. The fourth-order valence-electron chi connectivity index (χ4n) is 2.42. The van der Waals surface area contributed by atoms with E-state index in [4.69, 9.17) is 34.7 Å². The number of guanidine groups is 1. The fourth-order valence-corrected chi connectivity index (χ4v) is 2.80. The van der Waals surface area contributed by atoms with Gasteiger partial charge in [-0.15, -0.1) is 0 Å². The molecule has 0 radical (unpaired) electrons. The van der Waals surface area contributed by atoms with Gasteiger partial charge in [-0.2, -0.15) is 4.99 Å². The average molecular weight is 377 g/mol. The minimum Gasteiger partial charge on any atom is -0.370 e. The van der Waals surface area contributed by atoms with Gasteiger partial charge in [-0.05, 0) is 30.3 Å². The van der Waals surface area contributed by atoms with Crippen LogP contribution in [0.15, 0.2) is 47.6 Å². The Kier molecular flexibility index (Phi) is 4.57. The number of fused-ring (bicyclic) bond motifs is 1. The van der Waals surface area contributed by atoms with Crippen molar-refractivity contribution in [1.82, 2.24) is 4.98 Å². The van der Waals surface area contributed by atoms with Gasteiger partial charge in [0, 0.05) is 33.1 Å². The number of halogens is 3. The highest BCUT2D eigenvalue weighted by Crippen LogP contribution is 2.34. The van der Waals surface area contributed by atoms with Gasteiger partial charge in [-0.3, -0.25) is 9.78 Å². The lowest BCUT2D eigenvalue weighted by Gasteiger charge is -2.10. The number of aliphatic imine (C=N–C) groups is 1. The number of amides is 1. The van der Waals surface area contributed by atoms with E-state index in [1.165, 1.54) is 36.5 Å². The Bertz CT molecular complexity index is 1030. The summed E-state index contributed by atoms with van der Waals surface area (Å²) < 4.78 is 14.3. The minimum atomic E-state index is -0.626. The first-order valence-corrected chi connectivity index (χ1v) is 7.80. The molecule has 1 heterocycles. The minimum absolute atomic E-state index is 0.195. The maximum absolute atomic E-state index is 14.3. The van der Waals surface area contributed by atoms with E-state index in [1.54, 1.807) is 6.07 Å². The molecule has 0 aliphatic rings. The van der Waals surface area contributed by atoms with E-state index in [0.29, 0.717) is 26.5 Å². The second-order valence-corrected chi connectivity index (χ2v) is 6.02. The molecule has 3 aromatic rings. The van der Waals surface area contributed by atoms with E-state index in [1.807, 2.05) is 0 Å². The van der Waals surface area contributed by atoms with Crippen molar-refractivity contribution in [3.63, 3.8) is 0 Å². The van der Waals surface area contributed by atoms with Gasteiger partial charge in [0.25, 0.3) is 5.91 Å². The zero-order chi connectivity index (χ0) is 18.1. The molecule has 126 valence electrons. The maximum Gasteiger partial charge on any atom is 0.280 e. The number of aromatic nitrogens is 1. The molecular formula is C17H11Cl2FN4O. The third-order valence-corrected chi connectivity index (χ3v) is 4.04. The van der Waals surface area contributed by atoms with Crippen molar-refractivity contribution in [3.05, 3.63) is 64.0 Å². The van der Waals surface area contributed by atoms with Gasteiger partial charge in [0.1, 0.15) is 5.82 Å². The Morgan fingerprint density at radius 1 is 1.08 bits per heavy atom. The van der Waals surface area contributed by atoms with Crippen LogP contribution in [0.5, 0.6) is 0 Å². The number of nitrogens with two attached hydrogens (primary N) is 2. The Labute approximate surface area is 152 Å². The highest BCUT2D eigenvalue weighted by Gasteiger charge is 2.15. The summed E-state index contributed by atoms with van der Waals surface area (Å²) in [6.07, 6.45) is 1.41. The first-order chi connectivity index (χ1) is 11.9. The number of hydrogen-bond acceptors (Lipinski definition) is 2. The lowest BCUT2D eigenvalue weighted by Crippen LogP contribution is -2.24. The van der Waals surface area contributed by atoms with E-state index < -0.39 is 11.7 Å². The van der Waals surface area contributed by atoms with Crippen molar-refractivity contribution in [2.45, 2.75) is 0 Å². The molecule has 0 fully saturated rings. The summed E-state index contributed by atoms with van der Waals surface area (Å²) in [5.74, 6) is -1.48. The number of pyridine rings is 1. The van der Waals surface area contributed by atoms with E-state index in [-0.39, 0.29) is 17.1 Å². The second-order valence-electron chi connectivity index (χ2n) is 5.18. The smallest absolute Gasteiger partial charge is 0.280 e. The molecule has 4 N–H and O–H groups in total. The number of hydrogen-bond donors (Lipinski definition) is 2. The molecule has 0 saturated carbocycles. The predicted molar refractivity (Wildman–Crippen MR) is 97.3 cm³/mol. The predicted octanol–water partition coefficient (Wildman–Crippen LogP) is 3.76. The standard InChI is InChI=1S/C17H11Cl2FN4O/c18-9-2-4-14(20)12(6-9)15-11-5-8(16(25)24-17(21)22)1-3-10(11)13(19)7-23-15/h1-7H,(H4,21,22,24,25). The zero-order valence-corrected chi connectivity index (χ0v) is 14.1. The Morgan fingerprint density at radius 3 is 2.56 bits per heavy atom. The molecule has 0 bridgehead atoms. The molecule has 25 heavy (non-hydrogen) atoms. The van der Waals surface area contributed by atoms with Crippen LogP contribution in [-0.2, 0) is 0 Å². The van der Waals surface area contributed by atoms with Crippen molar-refractivity contribution in [3.8, 4) is 11.3 Å². The third-order valence-electron chi connectivity index (χ3n) is 3.50. The fraction of sp³-hybridized carbons (Fsp3) is 0. The van der Waals surface area contributed by atoms with Crippen molar-refractivity contribution < 1.29 is 9.18 Å². The third kappa shape index (κ3) is 3.40. The van der Waals surface area contributed by atoms with Gasteiger partial charge in [0.2, 0.25) is 0 Å². The van der Waals surface area contributed by atoms with E-state index >= 15 is 0 Å².